The Morgan fingerprint density at radius 3 is 2.50 bits per heavy atom. The molecule has 0 saturated carbocycles. The number of nitrogens with one attached hydrogen (secondary N) is 1. The summed E-state index contributed by atoms with van der Waals surface area (Å²) in [6.07, 6.45) is 3.51. The van der Waals surface area contributed by atoms with Crippen LogP contribution in [-0.4, -0.2) is 50.5 Å². The molecule has 0 aromatic heterocycles. The summed E-state index contributed by atoms with van der Waals surface area (Å²) in [4.78, 5) is 2.96. The molecular weight excluding hydrogens is 316 g/mol. The van der Waals surface area contributed by atoms with Gasteiger partial charge in [-0.1, -0.05) is 18.2 Å². The zero-order chi connectivity index (χ0) is 15.4. The SMILES string of the molecule is O=S(=O)(NCC1CCN([C@H]2CCSC2)CC1)c1ccccc1. The van der Waals surface area contributed by atoms with Gasteiger partial charge >= 0.3 is 0 Å². The summed E-state index contributed by atoms with van der Waals surface area (Å²) in [5, 5.41) is 0. The molecule has 0 aliphatic carbocycles. The first-order chi connectivity index (χ1) is 10.6. The normalized spacial score (nSPS) is 24.6. The van der Waals surface area contributed by atoms with Crippen molar-refractivity contribution in [2.45, 2.75) is 30.2 Å². The third-order valence-corrected chi connectivity index (χ3v) is 7.27. The molecule has 2 saturated heterocycles. The zero-order valence-corrected chi connectivity index (χ0v) is 14.4. The molecule has 0 amide bonds. The number of nitrogens with zero attached hydrogens (tertiary/aromatic N) is 1. The minimum absolute atomic E-state index is 0.357. The van der Waals surface area contributed by atoms with Crippen molar-refractivity contribution in [3.05, 3.63) is 30.3 Å². The van der Waals surface area contributed by atoms with Crippen LogP contribution in [0.5, 0.6) is 0 Å². The summed E-state index contributed by atoms with van der Waals surface area (Å²) in [6.45, 7) is 2.79. The first-order valence-corrected chi connectivity index (χ1v) is 10.7. The summed E-state index contributed by atoms with van der Waals surface area (Å²) in [6, 6.07) is 9.38. The quantitative estimate of drug-likeness (QED) is 0.893. The van der Waals surface area contributed by atoms with Gasteiger partial charge in [-0.3, -0.25) is 4.90 Å². The maximum absolute atomic E-state index is 12.2. The van der Waals surface area contributed by atoms with Gasteiger partial charge in [0.25, 0.3) is 0 Å². The van der Waals surface area contributed by atoms with Crippen LogP contribution in [0.25, 0.3) is 0 Å². The van der Waals surface area contributed by atoms with Gasteiger partial charge in [0.15, 0.2) is 0 Å². The summed E-state index contributed by atoms with van der Waals surface area (Å²) < 4.78 is 27.2. The molecule has 0 unspecified atom stereocenters. The van der Waals surface area contributed by atoms with Crippen LogP contribution in [0.1, 0.15) is 19.3 Å². The Morgan fingerprint density at radius 1 is 1.14 bits per heavy atom. The molecule has 3 rings (SSSR count). The third kappa shape index (κ3) is 4.04. The Kier molecular flexibility index (Phi) is 5.44. The average molecular weight is 341 g/mol. The smallest absolute Gasteiger partial charge is 0.240 e. The van der Waals surface area contributed by atoms with Gasteiger partial charge in [0.05, 0.1) is 4.90 Å². The maximum Gasteiger partial charge on any atom is 0.240 e. The number of thioether (sulfide) groups is 1. The Labute approximate surface area is 137 Å². The second-order valence-electron chi connectivity index (χ2n) is 6.16. The Bertz CT molecular complexity index is 563. The molecule has 0 bridgehead atoms. The molecule has 1 atom stereocenters. The molecule has 22 heavy (non-hydrogen) atoms. The van der Waals surface area contributed by atoms with Crippen molar-refractivity contribution in [3.8, 4) is 0 Å². The summed E-state index contributed by atoms with van der Waals surface area (Å²) in [5.41, 5.74) is 0. The summed E-state index contributed by atoms with van der Waals surface area (Å²) >= 11 is 2.05. The lowest BCUT2D eigenvalue weighted by atomic mass is 9.96. The zero-order valence-electron chi connectivity index (χ0n) is 12.8. The van der Waals surface area contributed by atoms with Crippen molar-refractivity contribution in [3.63, 3.8) is 0 Å². The van der Waals surface area contributed by atoms with Crippen molar-refractivity contribution in [1.82, 2.24) is 9.62 Å². The lowest BCUT2D eigenvalue weighted by molar-refractivity contribution is 0.145. The molecule has 2 aliphatic rings. The lowest BCUT2D eigenvalue weighted by Crippen LogP contribution is -2.43. The van der Waals surface area contributed by atoms with Gasteiger partial charge in [0.2, 0.25) is 10.0 Å². The van der Waals surface area contributed by atoms with Gasteiger partial charge in [0.1, 0.15) is 0 Å². The molecule has 2 fully saturated rings. The van der Waals surface area contributed by atoms with Gasteiger partial charge in [-0.25, -0.2) is 13.1 Å². The lowest BCUT2D eigenvalue weighted by Gasteiger charge is -2.35. The molecule has 0 radical (unpaired) electrons. The number of sulfonamides is 1. The van der Waals surface area contributed by atoms with Crippen LogP contribution in [-0.2, 0) is 10.0 Å². The first kappa shape index (κ1) is 16.3. The molecule has 4 nitrogen and oxygen atoms in total. The van der Waals surface area contributed by atoms with Crippen LogP contribution in [0.4, 0.5) is 0 Å². The van der Waals surface area contributed by atoms with Crippen molar-refractivity contribution >= 4 is 21.8 Å². The second kappa shape index (κ2) is 7.34. The molecule has 1 aromatic carbocycles. The van der Waals surface area contributed by atoms with Crippen molar-refractivity contribution in [1.29, 1.82) is 0 Å². The predicted octanol–water partition coefficient (Wildman–Crippen LogP) is 2.18. The van der Waals surface area contributed by atoms with Crippen molar-refractivity contribution in [2.75, 3.05) is 31.1 Å². The van der Waals surface area contributed by atoms with Crippen LogP contribution in [0, 0.1) is 5.92 Å². The molecule has 122 valence electrons. The predicted molar refractivity (Wildman–Crippen MR) is 91.7 cm³/mol. The molecule has 6 heteroatoms. The van der Waals surface area contributed by atoms with Crippen LogP contribution in [0.2, 0.25) is 0 Å². The first-order valence-electron chi connectivity index (χ1n) is 8.02. The Hall–Kier alpha value is -0.560. The third-order valence-electron chi connectivity index (χ3n) is 4.69. The van der Waals surface area contributed by atoms with E-state index < -0.39 is 10.0 Å². The van der Waals surface area contributed by atoms with Gasteiger partial charge in [-0.05, 0) is 56.2 Å². The van der Waals surface area contributed by atoms with E-state index in [0.717, 1.165) is 32.0 Å². The van der Waals surface area contributed by atoms with Crippen LogP contribution >= 0.6 is 11.8 Å². The van der Waals surface area contributed by atoms with Gasteiger partial charge in [0, 0.05) is 18.3 Å². The largest absolute Gasteiger partial charge is 0.300 e. The highest BCUT2D eigenvalue weighted by atomic mass is 32.2. The van der Waals surface area contributed by atoms with Gasteiger partial charge in [-0.2, -0.15) is 11.8 Å². The fraction of sp³-hybridized carbons (Fsp3) is 0.625. The Balaban J connectivity index is 1.47. The highest BCUT2D eigenvalue weighted by Crippen LogP contribution is 2.26. The number of benzene rings is 1. The summed E-state index contributed by atoms with van der Waals surface area (Å²) in [5.74, 6) is 3.02. The molecular formula is C16H24N2O2S2. The maximum atomic E-state index is 12.2. The van der Waals surface area contributed by atoms with Crippen LogP contribution in [0.3, 0.4) is 0 Å². The molecule has 1 aromatic rings. The van der Waals surface area contributed by atoms with E-state index in [4.69, 9.17) is 0 Å². The number of rotatable bonds is 5. The fourth-order valence-corrected chi connectivity index (χ4v) is 5.64. The number of hydrogen-bond acceptors (Lipinski definition) is 4. The molecule has 2 heterocycles. The van der Waals surface area contributed by atoms with Crippen LogP contribution in [0.15, 0.2) is 35.2 Å². The topological polar surface area (TPSA) is 49.4 Å². The molecule has 1 N–H and O–H groups in total. The standard InChI is InChI=1S/C16H24N2O2S2/c19-22(20,16-4-2-1-3-5-16)17-12-14-6-9-18(10-7-14)15-8-11-21-13-15/h1-5,14-15,17H,6-13H2/t15-/m0/s1. The van der Waals surface area contributed by atoms with Crippen molar-refractivity contribution in [2.24, 2.45) is 5.92 Å². The van der Waals surface area contributed by atoms with Crippen LogP contribution < -0.4 is 4.72 Å². The van der Waals surface area contributed by atoms with E-state index in [1.807, 2.05) is 6.07 Å². The van der Waals surface area contributed by atoms with Gasteiger partial charge < -0.3 is 0 Å². The second-order valence-corrected chi connectivity index (χ2v) is 9.08. The Morgan fingerprint density at radius 2 is 1.86 bits per heavy atom. The van der Waals surface area contributed by atoms with E-state index in [0.29, 0.717) is 17.4 Å². The van der Waals surface area contributed by atoms with Gasteiger partial charge in [-0.15, -0.1) is 0 Å². The van der Waals surface area contributed by atoms with E-state index in [-0.39, 0.29) is 0 Å². The van der Waals surface area contributed by atoms with E-state index in [1.54, 1.807) is 24.3 Å². The molecule has 2 aliphatic heterocycles. The minimum Gasteiger partial charge on any atom is -0.300 e. The van der Waals surface area contributed by atoms with E-state index in [2.05, 4.69) is 21.4 Å². The summed E-state index contributed by atoms with van der Waals surface area (Å²) in [7, 11) is -3.36. The number of hydrogen-bond donors (Lipinski definition) is 1. The molecule has 0 spiro atoms. The average Bonchev–Trinajstić information content (AvgIpc) is 3.09. The van der Waals surface area contributed by atoms with Crippen molar-refractivity contribution < 1.29 is 8.42 Å². The van der Waals surface area contributed by atoms with E-state index in [9.17, 15) is 8.42 Å². The van der Waals surface area contributed by atoms with E-state index in [1.165, 1.54) is 17.9 Å². The minimum atomic E-state index is -3.36. The number of likely N-dealkylation sites (tertiary alicyclic amines) is 1. The highest BCUT2D eigenvalue weighted by Gasteiger charge is 2.28. The van der Waals surface area contributed by atoms with E-state index >= 15 is 0 Å². The number of piperidine rings is 1. The fourth-order valence-electron chi connectivity index (χ4n) is 3.24. The monoisotopic (exact) mass is 340 g/mol. The highest BCUT2D eigenvalue weighted by molar-refractivity contribution is 7.99.